The van der Waals surface area contributed by atoms with Crippen LogP contribution in [-0.4, -0.2) is 0 Å². The zero-order chi connectivity index (χ0) is 9.46. The van der Waals surface area contributed by atoms with Gasteiger partial charge in [0.05, 0.1) is 0 Å². The van der Waals surface area contributed by atoms with Crippen molar-refractivity contribution in [2.45, 2.75) is 0 Å². The lowest BCUT2D eigenvalue weighted by Crippen LogP contribution is -2.03. The van der Waals surface area contributed by atoms with Gasteiger partial charge in [-0.2, -0.15) is 0 Å². The van der Waals surface area contributed by atoms with E-state index < -0.39 is 34.6 Å². The average molecular weight is 181 g/mol. The molecule has 0 saturated carbocycles. The molecule has 0 unspecified atom stereocenters. The Kier molecular flexibility index (Phi) is 2.04. The largest absolute Gasteiger partial charge is 0.203 e. The minimum absolute atomic E-state index is 1.12. The summed E-state index contributed by atoms with van der Waals surface area (Å²) >= 11 is 0. The Morgan fingerprint density at radius 3 is 1.17 bits per heavy atom. The van der Waals surface area contributed by atoms with Crippen LogP contribution in [-0.2, 0) is 0 Å². The third-order valence-electron chi connectivity index (χ3n) is 1.30. The zero-order valence-corrected chi connectivity index (χ0v) is 5.60. The summed E-state index contributed by atoms with van der Waals surface area (Å²) in [5.74, 6) is -9.91. The summed E-state index contributed by atoms with van der Waals surface area (Å²) in [6, 6.07) is 0. The van der Waals surface area contributed by atoms with E-state index >= 15 is 0 Å². The Labute approximate surface area is 64.6 Å². The summed E-state index contributed by atoms with van der Waals surface area (Å²) in [4.78, 5) is 0. The molecular weight excluding hydrogens is 179 g/mol. The van der Waals surface area contributed by atoms with Gasteiger partial charge < -0.3 is 0 Å². The van der Waals surface area contributed by atoms with Crippen LogP contribution in [0.1, 0.15) is 5.56 Å². The Bertz CT molecular complexity index is 226. The summed E-state index contributed by atoms with van der Waals surface area (Å²) in [6.07, 6.45) is 0. The van der Waals surface area contributed by atoms with E-state index in [0.29, 0.717) is 0 Å². The first-order valence-electron chi connectivity index (χ1n) is 2.80. The normalized spacial score (nSPS) is 10.5. The molecule has 0 bridgehead atoms. The third kappa shape index (κ3) is 1.05. The molecule has 0 aliphatic carbocycles. The standard InChI is InChI=1S/C7H2F5/c1-2-3(8)5(10)7(12)6(11)4(2)9/h1H2. The van der Waals surface area contributed by atoms with Crippen molar-refractivity contribution in [3.63, 3.8) is 0 Å². The number of hydrogen-bond acceptors (Lipinski definition) is 0. The number of hydrogen-bond donors (Lipinski definition) is 0. The van der Waals surface area contributed by atoms with E-state index in [0.717, 1.165) is 0 Å². The Hall–Kier alpha value is -1.13. The quantitative estimate of drug-likeness (QED) is 0.328. The summed E-state index contributed by atoms with van der Waals surface area (Å²) in [7, 11) is 0. The molecule has 1 rings (SSSR count). The molecule has 0 aromatic heterocycles. The monoisotopic (exact) mass is 181 g/mol. The Balaban J connectivity index is 3.60. The van der Waals surface area contributed by atoms with Gasteiger partial charge in [0.2, 0.25) is 5.82 Å². The van der Waals surface area contributed by atoms with Crippen LogP contribution in [0.15, 0.2) is 0 Å². The second-order valence-corrected chi connectivity index (χ2v) is 2.05. The zero-order valence-electron chi connectivity index (χ0n) is 5.60. The van der Waals surface area contributed by atoms with Gasteiger partial charge in [-0.1, -0.05) is 0 Å². The molecule has 5 heteroatoms. The smallest absolute Gasteiger partial charge is 0.200 e. The minimum Gasteiger partial charge on any atom is -0.203 e. The molecule has 65 valence electrons. The molecule has 0 aliphatic heterocycles. The van der Waals surface area contributed by atoms with Crippen molar-refractivity contribution in [3.8, 4) is 0 Å². The van der Waals surface area contributed by atoms with Crippen LogP contribution in [0.3, 0.4) is 0 Å². The molecule has 0 spiro atoms. The van der Waals surface area contributed by atoms with E-state index in [-0.39, 0.29) is 0 Å². The Morgan fingerprint density at radius 2 is 0.833 bits per heavy atom. The number of rotatable bonds is 0. The number of benzene rings is 1. The summed E-state index contributed by atoms with van der Waals surface area (Å²) < 4.78 is 61.3. The van der Waals surface area contributed by atoms with Gasteiger partial charge in [-0.15, -0.1) is 0 Å². The van der Waals surface area contributed by atoms with Crippen molar-refractivity contribution in [2.24, 2.45) is 0 Å². The van der Waals surface area contributed by atoms with Crippen LogP contribution in [0.5, 0.6) is 0 Å². The van der Waals surface area contributed by atoms with Crippen molar-refractivity contribution in [2.75, 3.05) is 0 Å². The maximum Gasteiger partial charge on any atom is 0.200 e. The van der Waals surface area contributed by atoms with Gasteiger partial charge in [0.25, 0.3) is 0 Å². The predicted molar refractivity (Wildman–Crippen MR) is 30.7 cm³/mol. The van der Waals surface area contributed by atoms with E-state index in [1.807, 2.05) is 0 Å². The molecule has 0 N–H and O–H groups in total. The highest BCUT2D eigenvalue weighted by Gasteiger charge is 2.22. The first-order valence-corrected chi connectivity index (χ1v) is 2.80. The lowest BCUT2D eigenvalue weighted by Gasteiger charge is -2.02. The first-order chi connectivity index (χ1) is 5.46. The van der Waals surface area contributed by atoms with E-state index in [9.17, 15) is 22.0 Å². The first kappa shape index (κ1) is 8.96. The van der Waals surface area contributed by atoms with Gasteiger partial charge in [0.15, 0.2) is 23.3 Å². The fraction of sp³-hybridized carbons (Fsp3) is 0. The molecule has 0 atom stereocenters. The second kappa shape index (κ2) is 2.73. The van der Waals surface area contributed by atoms with Crippen molar-refractivity contribution in [3.05, 3.63) is 41.6 Å². The van der Waals surface area contributed by atoms with E-state index in [1.165, 1.54) is 0 Å². The fourth-order valence-corrected chi connectivity index (χ4v) is 0.650. The molecule has 12 heavy (non-hydrogen) atoms. The van der Waals surface area contributed by atoms with Gasteiger partial charge >= 0.3 is 0 Å². The van der Waals surface area contributed by atoms with E-state index in [1.54, 1.807) is 0 Å². The highest BCUT2D eigenvalue weighted by Crippen LogP contribution is 2.21. The van der Waals surface area contributed by atoms with Gasteiger partial charge in [-0.3, -0.25) is 0 Å². The molecule has 1 radical (unpaired) electrons. The molecular formula is C7H2F5. The van der Waals surface area contributed by atoms with Gasteiger partial charge in [0.1, 0.15) is 0 Å². The van der Waals surface area contributed by atoms with E-state index in [2.05, 4.69) is 6.92 Å². The van der Waals surface area contributed by atoms with Crippen molar-refractivity contribution >= 4 is 0 Å². The molecule has 1 aromatic rings. The van der Waals surface area contributed by atoms with Crippen molar-refractivity contribution in [1.82, 2.24) is 0 Å². The molecule has 0 heterocycles. The SMILES string of the molecule is [CH2]c1c(F)c(F)c(F)c(F)c1F. The minimum atomic E-state index is -2.17. The summed E-state index contributed by atoms with van der Waals surface area (Å²) in [5, 5.41) is 0. The maximum atomic E-state index is 12.3. The highest BCUT2D eigenvalue weighted by molar-refractivity contribution is 5.25. The summed E-state index contributed by atoms with van der Waals surface area (Å²) in [6.45, 7) is 2.69. The molecule has 0 fully saturated rings. The lowest BCUT2D eigenvalue weighted by atomic mass is 10.2. The molecule has 0 aliphatic rings. The average Bonchev–Trinajstić information content (AvgIpc) is 2.08. The molecule has 0 nitrogen and oxygen atoms in total. The van der Waals surface area contributed by atoms with Gasteiger partial charge in [-0.05, 0) is 6.92 Å². The number of halogens is 5. The third-order valence-corrected chi connectivity index (χ3v) is 1.30. The van der Waals surface area contributed by atoms with Crippen molar-refractivity contribution in [1.29, 1.82) is 0 Å². The Morgan fingerprint density at radius 1 is 0.583 bits per heavy atom. The topological polar surface area (TPSA) is 0 Å². The van der Waals surface area contributed by atoms with Gasteiger partial charge in [-0.25, -0.2) is 22.0 Å². The molecule has 0 saturated heterocycles. The lowest BCUT2D eigenvalue weighted by molar-refractivity contribution is 0.375. The van der Waals surface area contributed by atoms with Crippen LogP contribution >= 0.6 is 0 Å². The van der Waals surface area contributed by atoms with Crippen LogP contribution in [0.25, 0.3) is 0 Å². The van der Waals surface area contributed by atoms with Crippen LogP contribution < -0.4 is 0 Å². The predicted octanol–water partition coefficient (Wildman–Crippen LogP) is 2.56. The second-order valence-electron chi connectivity index (χ2n) is 2.05. The maximum absolute atomic E-state index is 12.3. The molecule has 1 aromatic carbocycles. The van der Waals surface area contributed by atoms with Crippen LogP contribution in [0.4, 0.5) is 22.0 Å². The van der Waals surface area contributed by atoms with Crippen LogP contribution in [0.2, 0.25) is 0 Å². The summed E-state index contributed by atoms with van der Waals surface area (Å²) in [5.41, 5.74) is -1.12. The molecule has 0 amide bonds. The van der Waals surface area contributed by atoms with Crippen LogP contribution in [0, 0.1) is 36.0 Å². The van der Waals surface area contributed by atoms with Crippen molar-refractivity contribution < 1.29 is 22.0 Å². The van der Waals surface area contributed by atoms with Gasteiger partial charge in [0, 0.05) is 5.56 Å². The fourth-order valence-electron chi connectivity index (χ4n) is 0.650. The highest BCUT2D eigenvalue weighted by atomic mass is 19.2. The van der Waals surface area contributed by atoms with E-state index in [4.69, 9.17) is 0 Å².